The van der Waals surface area contributed by atoms with Crippen LogP contribution in [0.15, 0.2) is 0 Å². The quantitative estimate of drug-likeness (QED) is 0.449. The molecule has 1 N–H and O–H groups in total. The highest BCUT2D eigenvalue weighted by molar-refractivity contribution is 6.74. The molecule has 24 heavy (non-hydrogen) atoms. The molecular weight excluding hydrogens is 354 g/mol. The van der Waals surface area contributed by atoms with Gasteiger partial charge in [-0.3, -0.25) is 9.59 Å². The van der Waals surface area contributed by atoms with E-state index in [-0.39, 0.29) is 18.0 Å². The molecule has 0 radical (unpaired) electrons. The van der Waals surface area contributed by atoms with Gasteiger partial charge in [-0.15, -0.1) is 0 Å². The Morgan fingerprint density at radius 3 is 1.75 bits per heavy atom. The van der Waals surface area contributed by atoms with E-state index in [1.165, 1.54) is 0 Å². The second-order valence-electron chi connectivity index (χ2n) is 9.31. The summed E-state index contributed by atoms with van der Waals surface area (Å²) < 4.78 is 11.1. The fourth-order valence-corrected chi connectivity index (χ4v) is 4.99. The van der Waals surface area contributed by atoms with Crippen LogP contribution in [-0.4, -0.2) is 42.9 Å². The molecule has 5 nitrogen and oxygen atoms in total. The van der Waals surface area contributed by atoms with E-state index in [9.17, 15) is 9.59 Å². The summed E-state index contributed by atoms with van der Waals surface area (Å²) in [5, 5.41) is 0. The van der Waals surface area contributed by atoms with Gasteiger partial charge in [0.15, 0.2) is 0 Å². The lowest BCUT2D eigenvalue weighted by molar-refractivity contribution is -0.137. The first-order valence-electron chi connectivity index (χ1n) is 8.81. The first kappa shape index (κ1) is 23.6. The van der Waals surface area contributed by atoms with Crippen LogP contribution in [0.2, 0.25) is 58.9 Å². The number of rotatable bonds is 10. The van der Waals surface area contributed by atoms with Crippen molar-refractivity contribution in [3.8, 4) is 0 Å². The molecule has 0 fully saturated rings. The zero-order valence-corrected chi connectivity index (χ0v) is 20.0. The molecule has 8 heteroatoms. The van der Waals surface area contributed by atoms with E-state index in [0.29, 0.717) is 12.8 Å². The first-order valence-corrected chi connectivity index (χ1v) is 19.1. The maximum absolute atomic E-state index is 12.4. The summed E-state index contributed by atoms with van der Waals surface area (Å²) in [5.74, 6) is -0.255. The van der Waals surface area contributed by atoms with Gasteiger partial charge in [-0.2, -0.15) is 0 Å². The van der Waals surface area contributed by atoms with E-state index in [1.54, 1.807) is 0 Å². The lowest BCUT2D eigenvalue weighted by Crippen LogP contribution is -2.53. The molecule has 0 spiro atoms. The molecule has 142 valence electrons. The molecule has 0 aromatic heterocycles. The molecule has 0 aromatic carbocycles. The third kappa shape index (κ3) is 13.9. The molecule has 0 amide bonds. The molecule has 0 aliphatic carbocycles. The van der Waals surface area contributed by atoms with Gasteiger partial charge in [-0.25, -0.2) is 0 Å². The van der Waals surface area contributed by atoms with E-state index < -0.39 is 24.9 Å². The first-order chi connectivity index (χ1) is 10.6. The molecule has 0 aromatic rings. The number of hydrogen-bond acceptors (Lipinski definition) is 5. The minimum absolute atomic E-state index is 0.117. The average molecular weight is 392 g/mol. The van der Waals surface area contributed by atoms with Crippen molar-refractivity contribution in [1.29, 1.82) is 0 Å². The largest absolute Gasteiger partial charge is 0.520 e. The van der Waals surface area contributed by atoms with Crippen LogP contribution in [0, 0.1) is 0 Å². The van der Waals surface area contributed by atoms with Crippen LogP contribution < -0.4 is 4.98 Å². The van der Waals surface area contributed by atoms with Crippen LogP contribution in [0.4, 0.5) is 0 Å². The van der Waals surface area contributed by atoms with Gasteiger partial charge in [0.2, 0.25) is 16.6 Å². The maximum Gasteiger partial charge on any atom is 0.309 e. The lowest BCUT2D eigenvalue weighted by Gasteiger charge is -2.28. The van der Waals surface area contributed by atoms with Gasteiger partial charge >= 0.3 is 5.97 Å². The van der Waals surface area contributed by atoms with E-state index >= 15 is 0 Å². The second kappa shape index (κ2) is 9.30. The summed E-state index contributed by atoms with van der Waals surface area (Å²) in [7, 11) is -5.29. The Morgan fingerprint density at radius 1 is 0.833 bits per heavy atom. The Labute approximate surface area is 151 Å². The van der Waals surface area contributed by atoms with Gasteiger partial charge < -0.3 is 13.8 Å². The highest BCUT2D eigenvalue weighted by Crippen LogP contribution is 2.13. The summed E-state index contributed by atoms with van der Waals surface area (Å²) >= 11 is 0. The SMILES string of the molecule is C[Si](C)(C)NC(CCCCC(=O)O[Si](C)(C)C)C(=O)O[Si](C)(C)C. The number of carbonyl (C=O) groups is 2. The molecule has 0 rings (SSSR count). The van der Waals surface area contributed by atoms with Gasteiger partial charge in [0.25, 0.3) is 5.97 Å². The van der Waals surface area contributed by atoms with Crippen molar-refractivity contribution in [2.24, 2.45) is 0 Å². The van der Waals surface area contributed by atoms with Crippen LogP contribution in [0.1, 0.15) is 25.7 Å². The third-order valence-corrected chi connectivity index (χ3v) is 5.71. The molecule has 0 aliphatic rings. The molecule has 0 saturated carbocycles. The predicted molar refractivity (Wildman–Crippen MR) is 108 cm³/mol. The molecule has 0 saturated heterocycles. The summed E-state index contributed by atoms with van der Waals surface area (Å²) in [5.41, 5.74) is 0. The van der Waals surface area contributed by atoms with E-state index in [4.69, 9.17) is 8.85 Å². The lowest BCUT2D eigenvalue weighted by atomic mass is 10.1. The third-order valence-electron chi connectivity index (χ3n) is 2.84. The fraction of sp³-hybridized carbons (Fsp3) is 0.875. The van der Waals surface area contributed by atoms with E-state index in [2.05, 4.69) is 24.6 Å². The monoisotopic (exact) mass is 391 g/mol. The van der Waals surface area contributed by atoms with Gasteiger partial charge in [-0.05, 0) is 52.1 Å². The summed E-state index contributed by atoms with van der Waals surface area (Å²) in [6.45, 7) is 18.6. The number of carbonyl (C=O) groups excluding carboxylic acids is 2. The predicted octanol–water partition coefficient (Wildman–Crippen LogP) is 4.10. The van der Waals surface area contributed by atoms with Crippen molar-refractivity contribution < 1.29 is 18.4 Å². The van der Waals surface area contributed by atoms with Crippen LogP contribution in [0.25, 0.3) is 0 Å². The molecule has 0 heterocycles. The highest BCUT2D eigenvalue weighted by atomic mass is 28.4. The number of unbranched alkanes of at least 4 members (excludes halogenated alkanes) is 1. The summed E-state index contributed by atoms with van der Waals surface area (Å²) in [6.07, 6.45) is 2.68. The van der Waals surface area contributed by atoms with Crippen molar-refractivity contribution in [1.82, 2.24) is 4.98 Å². The average Bonchev–Trinajstić information content (AvgIpc) is 2.26. The van der Waals surface area contributed by atoms with E-state index in [1.807, 2.05) is 39.3 Å². The minimum Gasteiger partial charge on any atom is -0.520 e. The normalized spacial score (nSPS) is 14.2. The van der Waals surface area contributed by atoms with Crippen LogP contribution >= 0.6 is 0 Å². The summed E-state index contributed by atoms with van der Waals surface area (Å²) in [4.78, 5) is 27.7. The van der Waals surface area contributed by atoms with Gasteiger partial charge in [0.1, 0.15) is 8.24 Å². The highest BCUT2D eigenvalue weighted by Gasteiger charge is 2.29. The Morgan fingerprint density at radius 2 is 1.33 bits per heavy atom. The molecular formula is C16H37NO4Si3. The van der Waals surface area contributed by atoms with Gasteiger partial charge in [-0.1, -0.05) is 26.1 Å². The Hall–Kier alpha value is -0.449. The van der Waals surface area contributed by atoms with Gasteiger partial charge in [0, 0.05) is 6.42 Å². The number of nitrogens with one attached hydrogen (secondary N) is 1. The molecule has 0 aliphatic heterocycles. The second-order valence-corrected chi connectivity index (χ2v) is 23.0. The van der Waals surface area contributed by atoms with E-state index in [0.717, 1.165) is 12.8 Å². The molecule has 0 bridgehead atoms. The number of hydrogen-bond donors (Lipinski definition) is 1. The van der Waals surface area contributed by atoms with Crippen LogP contribution in [-0.2, 0) is 18.4 Å². The molecule has 1 atom stereocenters. The van der Waals surface area contributed by atoms with Crippen molar-refractivity contribution in [3.63, 3.8) is 0 Å². The zero-order chi connectivity index (χ0) is 19.2. The standard InChI is InChI=1S/C16H37NO4Si3/c1-22(2,3)17-14(16(19)21-24(7,8)9)12-10-11-13-15(18)20-23(4,5)6/h14,17H,10-13H2,1-9H3. The van der Waals surface area contributed by atoms with Crippen LogP contribution in [0.3, 0.4) is 0 Å². The van der Waals surface area contributed by atoms with Crippen molar-refractivity contribution in [2.45, 2.75) is 90.6 Å². The topological polar surface area (TPSA) is 64.6 Å². The van der Waals surface area contributed by atoms with Gasteiger partial charge in [0.05, 0.1) is 6.04 Å². The fourth-order valence-electron chi connectivity index (χ4n) is 2.15. The maximum atomic E-state index is 12.4. The van der Waals surface area contributed by atoms with Crippen LogP contribution in [0.5, 0.6) is 0 Å². The van der Waals surface area contributed by atoms with Crippen molar-refractivity contribution in [2.75, 3.05) is 0 Å². The Balaban J connectivity index is 4.47. The zero-order valence-electron chi connectivity index (χ0n) is 17.0. The minimum atomic E-state index is -1.89. The molecule has 1 unspecified atom stereocenters. The Bertz CT molecular complexity index is 423. The van der Waals surface area contributed by atoms with Crippen molar-refractivity contribution >= 4 is 36.8 Å². The van der Waals surface area contributed by atoms with Crippen molar-refractivity contribution in [3.05, 3.63) is 0 Å². The smallest absolute Gasteiger partial charge is 0.309 e. The summed E-state index contributed by atoms with van der Waals surface area (Å²) in [6, 6.07) is -0.267. The Kier molecular flexibility index (Phi) is 9.13.